The third-order valence-electron chi connectivity index (χ3n) is 3.92. The van der Waals surface area contributed by atoms with Gasteiger partial charge in [0.25, 0.3) is 0 Å². The van der Waals surface area contributed by atoms with E-state index in [0.717, 1.165) is 23.5 Å². The molecule has 2 N–H and O–H groups in total. The maximum absolute atomic E-state index is 11.9. The number of carbonyl (C=O) groups excluding carboxylic acids is 2. The van der Waals surface area contributed by atoms with Crippen LogP contribution >= 0.6 is 21.6 Å². The Balaban J connectivity index is 0.00000302. The molecule has 0 heterocycles. The van der Waals surface area contributed by atoms with Crippen LogP contribution in [0.2, 0.25) is 0 Å². The van der Waals surface area contributed by atoms with Gasteiger partial charge in [-0.25, -0.2) is 0 Å². The fourth-order valence-electron chi connectivity index (χ4n) is 2.34. The van der Waals surface area contributed by atoms with Crippen LogP contribution in [0.25, 0.3) is 0 Å². The molecule has 4 nitrogen and oxygen atoms in total. The first-order chi connectivity index (χ1) is 15.4. The smallest absolute Gasteiger partial charge is 0.220 e. The van der Waals surface area contributed by atoms with Crippen molar-refractivity contribution in [3.63, 3.8) is 0 Å². The Kier molecular flexibility index (Phi) is 19.7. The highest BCUT2D eigenvalue weighted by Gasteiger charge is 2.04. The molecule has 0 unspecified atom stereocenters. The summed E-state index contributed by atoms with van der Waals surface area (Å²) in [6, 6.07) is 8.40. The molecule has 0 aliphatic rings. The fourth-order valence-corrected chi connectivity index (χ4v) is 4.10. The van der Waals surface area contributed by atoms with Gasteiger partial charge in [-0.2, -0.15) is 0 Å². The van der Waals surface area contributed by atoms with E-state index in [2.05, 4.69) is 62.2 Å². The second-order valence-corrected chi connectivity index (χ2v) is 9.79. The summed E-state index contributed by atoms with van der Waals surface area (Å²) < 4.78 is 0. The van der Waals surface area contributed by atoms with E-state index in [1.54, 1.807) is 21.6 Å². The minimum atomic E-state index is 0.00166. The first-order valence-electron chi connectivity index (χ1n) is 11.3. The summed E-state index contributed by atoms with van der Waals surface area (Å²) in [5.41, 5.74) is 2.50. The number of amides is 2. The van der Waals surface area contributed by atoms with Gasteiger partial charge in [-0.05, 0) is 38.3 Å². The lowest BCUT2D eigenvalue weighted by Crippen LogP contribution is -2.34. The monoisotopic (exact) mass is 476 g/mol. The van der Waals surface area contributed by atoms with Crippen LogP contribution < -0.4 is 10.6 Å². The lowest BCUT2D eigenvalue weighted by molar-refractivity contribution is -0.122. The highest BCUT2D eigenvalue weighted by molar-refractivity contribution is 8.78. The molecule has 1 aromatic carbocycles. The molecule has 1 rings (SSSR count). The van der Waals surface area contributed by atoms with Gasteiger partial charge in [-0.3, -0.25) is 9.59 Å². The molecule has 0 aromatic heterocycles. The molecule has 0 fully saturated rings. The summed E-state index contributed by atoms with van der Waals surface area (Å²) in [5, 5.41) is 5.69. The average Bonchev–Trinajstić information content (AvgIpc) is 2.76. The van der Waals surface area contributed by atoms with Gasteiger partial charge in [0.1, 0.15) is 0 Å². The van der Waals surface area contributed by atoms with Crippen LogP contribution in [0.15, 0.2) is 60.1 Å². The topological polar surface area (TPSA) is 58.2 Å². The lowest BCUT2D eigenvalue weighted by atomic mass is 10.1. The zero-order chi connectivity index (χ0) is 24.0. The molecule has 1 aromatic rings. The number of hydrogen-bond acceptors (Lipinski definition) is 4. The molecule has 2 amide bonds. The predicted molar refractivity (Wildman–Crippen MR) is 144 cm³/mol. The van der Waals surface area contributed by atoms with Crippen LogP contribution in [-0.4, -0.2) is 30.7 Å². The minimum Gasteiger partial charge on any atom is -0.354 e. The number of hydrogen-bond donors (Lipinski definition) is 2. The van der Waals surface area contributed by atoms with Crippen LogP contribution in [0.5, 0.6) is 0 Å². The number of rotatable bonds is 14. The number of aryl methyl sites for hydroxylation is 2. The van der Waals surface area contributed by atoms with Crippen molar-refractivity contribution >= 4 is 33.4 Å². The third kappa shape index (κ3) is 18.8. The van der Waals surface area contributed by atoms with Crippen LogP contribution in [0.4, 0.5) is 0 Å². The van der Waals surface area contributed by atoms with Gasteiger partial charge >= 0.3 is 0 Å². The van der Waals surface area contributed by atoms with E-state index < -0.39 is 0 Å². The molecular weight excluding hydrogens is 436 g/mol. The van der Waals surface area contributed by atoms with Crippen molar-refractivity contribution in [2.24, 2.45) is 0 Å². The highest BCUT2D eigenvalue weighted by atomic mass is 33.1. The number of carbonyl (C=O) groups is 2. The van der Waals surface area contributed by atoms with E-state index in [4.69, 9.17) is 0 Å². The van der Waals surface area contributed by atoms with E-state index in [1.807, 2.05) is 31.2 Å². The van der Waals surface area contributed by atoms with Crippen LogP contribution in [0.1, 0.15) is 57.6 Å². The molecule has 0 atom stereocenters. The Morgan fingerprint density at radius 2 is 1.59 bits per heavy atom. The van der Waals surface area contributed by atoms with E-state index >= 15 is 0 Å². The average molecular weight is 477 g/mol. The molecule has 178 valence electrons. The third-order valence-corrected chi connectivity index (χ3v) is 6.26. The van der Waals surface area contributed by atoms with Crippen molar-refractivity contribution in [1.82, 2.24) is 10.6 Å². The maximum Gasteiger partial charge on any atom is 0.220 e. The summed E-state index contributed by atoms with van der Waals surface area (Å²) in [5.74, 6) is 0.753. The fraction of sp³-hybridized carbons (Fsp3) is 0.462. The zero-order valence-electron chi connectivity index (χ0n) is 20.1. The Morgan fingerprint density at radius 1 is 1.00 bits per heavy atom. The quantitative estimate of drug-likeness (QED) is 0.186. The second-order valence-electron chi connectivity index (χ2n) is 7.25. The molecule has 0 bridgehead atoms. The highest BCUT2D eigenvalue weighted by Crippen LogP contribution is 2.29. The van der Waals surface area contributed by atoms with Crippen molar-refractivity contribution in [3.8, 4) is 0 Å². The lowest BCUT2D eigenvalue weighted by Gasteiger charge is -2.07. The van der Waals surface area contributed by atoms with E-state index in [0.29, 0.717) is 25.9 Å². The zero-order valence-corrected chi connectivity index (χ0v) is 21.7. The number of nitrogens with one attached hydrogen (secondary N) is 2. The Labute approximate surface area is 203 Å². The molecule has 0 radical (unpaired) electrons. The summed E-state index contributed by atoms with van der Waals surface area (Å²) in [6.45, 7) is 13.1. The molecule has 32 heavy (non-hydrogen) atoms. The minimum absolute atomic E-state index is 0.00166. The van der Waals surface area contributed by atoms with Crippen molar-refractivity contribution in [2.75, 3.05) is 18.8 Å². The van der Waals surface area contributed by atoms with Gasteiger partial charge < -0.3 is 10.6 Å². The van der Waals surface area contributed by atoms with Gasteiger partial charge in [-0.1, -0.05) is 96.5 Å². The van der Waals surface area contributed by atoms with Gasteiger partial charge in [-0.15, -0.1) is 0 Å². The molecule has 0 saturated heterocycles. The van der Waals surface area contributed by atoms with E-state index in [1.165, 1.54) is 17.5 Å². The van der Waals surface area contributed by atoms with Crippen molar-refractivity contribution < 1.29 is 9.59 Å². The Hall–Kier alpha value is -1.92. The Bertz CT molecular complexity index is 713. The molecule has 0 aliphatic carbocycles. The van der Waals surface area contributed by atoms with Crippen molar-refractivity contribution in [2.45, 2.75) is 59.8 Å². The van der Waals surface area contributed by atoms with Crippen molar-refractivity contribution in [3.05, 3.63) is 71.2 Å². The SMILES string of the molecule is C=C(/C=C\C=C/C)SSCCC(=O)NCCNC(=O)CCCc1ccc(C)cc1.CCC. The summed E-state index contributed by atoms with van der Waals surface area (Å²) in [6.07, 6.45) is 11.7. The maximum atomic E-state index is 11.9. The Morgan fingerprint density at radius 3 is 2.19 bits per heavy atom. The first kappa shape index (κ1) is 30.1. The van der Waals surface area contributed by atoms with Crippen molar-refractivity contribution in [1.29, 1.82) is 0 Å². The summed E-state index contributed by atoms with van der Waals surface area (Å²) in [4.78, 5) is 24.6. The van der Waals surface area contributed by atoms with E-state index in [-0.39, 0.29) is 11.8 Å². The summed E-state index contributed by atoms with van der Waals surface area (Å²) in [7, 11) is 3.18. The second kappa shape index (κ2) is 21.0. The molecular formula is C26H40N2O2S2. The van der Waals surface area contributed by atoms with E-state index in [9.17, 15) is 9.59 Å². The van der Waals surface area contributed by atoms with Gasteiger partial charge in [0, 0.05) is 36.6 Å². The van der Waals surface area contributed by atoms with Gasteiger partial charge in [0.2, 0.25) is 11.8 Å². The predicted octanol–water partition coefficient (Wildman–Crippen LogP) is 6.38. The molecule has 0 spiro atoms. The first-order valence-corrected chi connectivity index (χ1v) is 13.6. The number of allylic oxidation sites excluding steroid dienone is 4. The molecule has 0 saturated carbocycles. The van der Waals surface area contributed by atoms with Gasteiger partial charge in [0.15, 0.2) is 0 Å². The number of benzene rings is 1. The molecule has 0 aliphatic heterocycles. The summed E-state index contributed by atoms with van der Waals surface area (Å²) >= 11 is 0. The van der Waals surface area contributed by atoms with Gasteiger partial charge in [0.05, 0.1) is 0 Å². The van der Waals surface area contributed by atoms with Crippen LogP contribution in [0.3, 0.4) is 0 Å². The largest absolute Gasteiger partial charge is 0.354 e. The normalized spacial score (nSPS) is 10.6. The van der Waals surface area contributed by atoms with Crippen LogP contribution in [0, 0.1) is 6.92 Å². The van der Waals surface area contributed by atoms with Crippen LogP contribution in [-0.2, 0) is 16.0 Å². The molecule has 6 heteroatoms. The standard InChI is InChI=1S/C23H32N2O2S2.C3H8/c1-4-5-6-8-20(3)29-28-18-15-23(27)25-17-16-24-22(26)10-7-9-21-13-11-19(2)12-14-21;1-3-2/h4-6,8,11-14H,3,7,9-10,15-18H2,1-2H3,(H,24,26)(H,25,27);3H2,1-2H3/b5-4-,8-6-;.